The molecule has 0 spiro atoms. The van der Waals surface area contributed by atoms with Crippen LogP contribution in [0.3, 0.4) is 0 Å². The summed E-state index contributed by atoms with van der Waals surface area (Å²) >= 11 is 0. The number of hydrogen-bond acceptors (Lipinski definition) is 4. The molecule has 0 aliphatic heterocycles. The van der Waals surface area contributed by atoms with Gasteiger partial charge in [-0.25, -0.2) is 0 Å². The topological polar surface area (TPSA) is 92.5 Å². The lowest BCUT2D eigenvalue weighted by Gasteiger charge is -2.13. The molecule has 6 heteroatoms. The third kappa shape index (κ3) is 4.67. The normalized spacial score (nSPS) is 13.6. The smallest absolute Gasteiger partial charge is 0.269 e. The van der Waals surface area contributed by atoms with Crippen molar-refractivity contribution < 1.29 is 14.8 Å². The van der Waals surface area contributed by atoms with Crippen LogP contribution in [-0.4, -0.2) is 28.6 Å². The molecule has 104 valence electrons. The Hall–Kier alpha value is -1.95. The lowest BCUT2D eigenvalue weighted by molar-refractivity contribution is -0.384. The average Bonchev–Trinajstić information content (AvgIpc) is 2.37. The van der Waals surface area contributed by atoms with Gasteiger partial charge >= 0.3 is 0 Å². The Kier molecular flexibility index (Phi) is 5.44. The van der Waals surface area contributed by atoms with E-state index in [0.717, 1.165) is 0 Å². The van der Waals surface area contributed by atoms with Crippen LogP contribution in [0.2, 0.25) is 0 Å². The molecule has 1 amide bonds. The van der Waals surface area contributed by atoms with Crippen LogP contribution < -0.4 is 5.32 Å². The third-order valence-electron chi connectivity index (χ3n) is 2.84. The first kappa shape index (κ1) is 15.1. The highest BCUT2D eigenvalue weighted by atomic mass is 16.6. The summed E-state index contributed by atoms with van der Waals surface area (Å²) in [6, 6.07) is 6.04. The number of amides is 1. The highest BCUT2D eigenvalue weighted by molar-refractivity contribution is 5.83. The molecule has 0 saturated carbocycles. The van der Waals surface area contributed by atoms with E-state index in [2.05, 4.69) is 5.32 Å². The van der Waals surface area contributed by atoms with E-state index >= 15 is 0 Å². The maximum Gasteiger partial charge on any atom is 0.269 e. The summed E-state index contributed by atoms with van der Waals surface area (Å²) in [6.07, 6.45) is 0.0151. The highest BCUT2D eigenvalue weighted by Crippen LogP contribution is 2.20. The maximum atomic E-state index is 11.8. The third-order valence-corrected chi connectivity index (χ3v) is 2.84. The van der Waals surface area contributed by atoms with Crippen LogP contribution in [0.4, 0.5) is 5.69 Å². The van der Waals surface area contributed by atoms with Crippen molar-refractivity contribution in [3.8, 4) is 0 Å². The number of nitro benzene ring substituents is 1. The number of benzene rings is 1. The Balaban J connectivity index is 2.66. The minimum atomic E-state index is -0.485. The summed E-state index contributed by atoms with van der Waals surface area (Å²) < 4.78 is 0. The summed E-state index contributed by atoms with van der Waals surface area (Å²) in [4.78, 5) is 22.0. The van der Waals surface area contributed by atoms with Gasteiger partial charge in [0.25, 0.3) is 5.69 Å². The number of aliphatic hydroxyl groups excluding tert-OH is 1. The molecule has 19 heavy (non-hydrogen) atoms. The van der Waals surface area contributed by atoms with Crippen molar-refractivity contribution in [3.63, 3.8) is 0 Å². The van der Waals surface area contributed by atoms with Crippen LogP contribution in [0, 0.1) is 10.1 Å². The molecule has 2 unspecified atom stereocenters. The lowest BCUT2D eigenvalue weighted by Crippen LogP contribution is -2.30. The van der Waals surface area contributed by atoms with Crippen molar-refractivity contribution in [1.82, 2.24) is 5.32 Å². The zero-order chi connectivity index (χ0) is 14.4. The molecule has 6 nitrogen and oxygen atoms in total. The molecule has 0 bridgehead atoms. The van der Waals surface area contributed by atoms with Crippen molar-refractivity contribution in [1.29, 1.82) is 0 Å². The minimum Gasteiger partial charge on any atom is -0.393 e. The summed E-state index contributed by atoms with van der Waals surface area (Å²) in [5.41, 5.74) is 0.574. The fraction of sp³-hybridized carbons (Fsp3) is 0.462. The number of aliphatic hydroxyl groups is 1. The van der Waals surface area contributed by atoms with Crippen LogP contribution in [0.25, 0.3) is 0 Å². The number of carbonyl (C=O) groups is 1. The summed E-state index contributed by atoms with van der Waals surface area (Å²) in [5.74, 6) is -0.671. The van der Waals surface area contributed by atoms with Crippen LogP contribution in [-0.2, 0) is 4.79 Å². The molecule has 2 atom stereocenters. The quantitative estimate of drug-likeness (QED) is 0.604. The first-order chi connectivity index (χ1) is 8.91. The number of non-ortho nitro benzene ring substituents is 1. The number of rotatable bonds is 6. The predicted molar refractivity (Wildman–Crippen MR) is 70.8 cm³/mol. The van der Waals surface area contributed by atoms with Crippen LogP contribution in [0.5, 0.6) is 0 Å². The fourth-order valence-electron chi connectivity index (χ4n) is 1.62. The number of carbonyl (C=O) groups excluding carboxylic acids is 1. The van der Waals surface area contributed by atoms with E-state index in [4.69, 9.17) is 5.11 Å². The second-order valence-corrected chi connectivity index (χ2v) is 4.50. The molecule has 0 fully saturated rings. The Bertz CT molecular complexity index is 460. The van der Waals surface area contributed by atoms with Gasteiger partial charge in [-0.1, -0.05) is 12.1 Å². The molecule has 1 aromatic carbocycles. The van der Waals surface area contributed by atoms with Gasteiger partial charge in [-0.2, -0.15) is 0 Å². The lowest BCUT2D eigenvalue weighted by atomic mass is 10.00. The molecule has 0 aliphatic rings. The molecular formula is C13H18N2O4. The van der Waals surface area contributed by atoms with Gasteiger partial charge in [-0.15, -0.1) is 0 Å². The van der Waals surface area contributed by atoms with Crippen molar-refractivity contribution in [3.05, 3.63) is 39.9 Å². The number of nitrogens with zero attached hydrogens (tertiary/aromatic N) is 1. The minimum absolute atomic E-state index is 0.0267. The molecule has 0 aromatic heterocycles. The van der Waals surface area contributed by atoms with E-state index in [1.807, 2.05) is 0 Å². The van der Waals surface area contributed by atoms with E-state index in [1.54, 1.807) is 26.0 Å². The molecule has 0 aliphatic carbocycles. The van der Waals surface area contributed by atoms with Gasteiger partial charge in [0, 0.05) is 18.7 Å². The molecule has 0 saturated heterocycles. The van der Waals surface area contributed by atoms with Crippen LogP contribution >= 0.6 is 0 Å². The second kappa shape index (κ2) is 6.84. The van der Waals surface area contributed by atoms with Gasteiger partial charge in [0.2, 0.25) is 5.91 Å². The Labute approximate surface area is 111 Å². The number of nitro groups is 1. The van der Waals surface area contributed by atoms with Crippen molar-refractivity contribution >= 4 is 11.6 Å². The zero-order valence-electron chi connectivity index (χ0n) is 11.0. The van der Waals surface area contributed by atoms with Gasteiger partial charge < -0.3 is 10.4 Å². The number of hydrogen-bond donors (Lipinski definition) is 2. The molecule has 1 rings (SSSR count). The summed E-state index contributed by atoms with van der Waals surface area (Å²) in [6.45, 7) is 3.72. The van der Waals surface area contributed by atoms with E-state index in [1.165, 1.54) is 12.1 Å². The SMILES string of the molecule is CC(O)CCNC(=O)C(C)c1cccc([N+](=O)[O-])c1. The fourth-order valence-corrected chi connectivity index (χ4v) is 1.62. The average molecular weight is 266 g/mol. The standard InChI is InChI=1S/C13H18N2O4/c1-9(16)6-7-14-13(17)10(2)11-4-3-5-12(8-11)15(18)19/h3-5,8-10,16H,6-7H2,1-2H3,(H,14,17). The summed E-state index contributed by atoms with van der Waals surface area (Å²) in [5, 5.41) is 22.5. The first-order valence-corrected chi connectivity index (χ1v) is 6.12. The van der Waals surface area contributed by atoms with Gasteiger partial charge in [0.15, 0.2) is 0 Å². The molecule has 0 radical (unpaired) electrons. The highest BCUT2D eigenvalue weighted by Gasteiger charge is 2.17. The van der Waals surface area contributed by atoms with Crippen molar-refractivity contribution in [2.75, 3.05) is 6.54 Å². The Morgan fingerprint density at radius 1 is 1.47 bits per heavy atom. The molecular weight excluding hydrogens is 248 g/mol. The van der Waals surface area contributed by atoms with Gasteiger partial charge in [-0.3, -0.25) is 14.9 Å². The van der Waals surface area contributed by atoms with Gasteiger partial charge in [0.1, 0.15) is 0 Å². The maximum absolute atomic E-state index is 11.8. The molecule has 2 N–H and O–H groups in total. The molecule has 0 heterocycles. The van der Waals surface area contributed by atoms with E-state index in [-0.39, 0.29) is 11.6 Å². The largest absolute Gasteiger partial charge is 0.393 e. The van der Waals surface area contributed by atoms with Gasteiger partial charge in [0.05, 0.1) is 16.9 Å². The first-order valence-electron chi connectivity index (χ1n) is 6.12. The predicted octanol–water partition coefficient (Wildman–Crippen LogP) is 1.59. The summed E-state index contributed by atoms with van der Waals surface area (Å²) in [7, 11) is 0. The Morgan fingerprint density at radius 2 is 2.16 bits per heavy atom. The Morgan fingerprint density at radius 3 is 2.74 bits per heavy atom. The number of nitrogens with one attached hydrogen (secondary N) is 1. The van der Waals surface area contributed by atoms with E-state index in [0.29, 0.717) is 18.5 Å². The van der Waals surface area contributed by atoms with Crippen LogP contribution in [0.1, 0.15) is 31.7 Å². The zero-order valence-corrected chi connectivity index (χ0v) is 11.0. The monoisotopic (exact) mass is 266 g/mol. The van der Waals surface area contributed by atoms with E-state index in [9.17, 15) is 14.9 Å². The van der Waals surface area contributed by atoms with Crippen molar-refractivity contribution in [2.24, 2.45) is 0 Å². The van der Waals surface area contributed by atoms with Crippen molar-refractivity contribution in [2.45, 2.75) is 32.3 Å². The van der Waals surface area contributed by atoms with Crippen LogP contribution in [0.15, 0.2) is 24.3 Å². The van der Waals surface area contributed by atoms with E-state index < -0.39 is 16.9 Å². The second-order valence-electron chi connectivity index (χ2n) is 4.50. The van der Waals surface area contributed by atoms with Gasteiger partial charge in [-0.05, 0) is 25.8 Å². The molecule has 1 aromatic rings.